The van der Waals surface area contributed by atoms with Gasteiger partial charge in [0.25, 0.3) is 0 Å². The highest BCUT2D eigenvalue weighted by atomic mass is 16.5. The highest BCUT2D eigenvalue weighted by molar-refractivity contribution is 6.09. The molecular formula is C50H33N3O. The molecule has 0 amide bonds. The number of ether oxygens (including phenoxy) is 1. The van der Waals surface area contributed by atoms with E-state index in [-0.39, 0.29) is 12.1 Å². The van der Waals surface area contributed by atoms with Crippen molar-refractivity contribution in [3.8, 4) is 50.6 Å². The van der Waals surface area contributed by atoms with Gasteiger partial charge in [-0.1, -0.05) is 158 Å². The largest absolute Gasteiger partial charge is 0.483 e. The molecule has 0 bridgehead atoms. The fourth-order valence-electron chi connectivity index (χ4n) is 8.49. The summed E-state index contributed by atoms with van der Waals surface area (Å²) < 4.78 is 9.42. The summed E-state index contributed by atoms with van der Waals surface area (Å²) in [6, 6.07) is 59.9. The monoisotopic (exact) mass is 691 g/mol. The number of hydrogen-bond donors (Lipinski definition) is 0. The van der Waals surface area contributed by atoms with Crippen molar-refractivity contribution in [3.63, 3.8) is 0 Å². The summed E-state index contributed by atoms with van der Waals surface area (Å²) in [4.78, 5) is 10.5. The van der Waals surface area contributed by atoms with E-state index in [1.54, 1.807) is 0 Å². The van der Waals surface area contributed by atoms with Crippen LogP contribution in [-0.2, 0) is 0 Å². The van der Waals surface area contributed by atoms with Gasteiger partial charge < -0.3 is 9.30 Å². The first-order valence-corrected chi connectivity index (χ1v) is 18.5. The first-order valence-electron chi connectivity index (χ1n) is 18.5. The average molecular weight is 692 g/mol. The zero-order chi connectivity index (χ0) is 35.6. The quantitative estimate of drug-likeness (QED) is 0.180. The third-order valence-electron chi connectivity index (χ3n) is 11.0. The van der Waals surface area contributed by atoms with E-state index in [1.807, 2.05) is 12.1 Å². The number of rotatable bonds is 5. The molecule has 1 aliphatic carbocycles. The molecule has 4 heteroatoms. The van der Waals surface area contributed by atoms with E-state index < -0.39 is 0 Å². The summed E-state index contributed by atoms with van der Waals surface area (Å²) >= 11 is 0. The number of allylic oxidation sites excluding steroid dienone is 2. The van der Waals surface area contributed by atoms with Gasteiger partial charge in [-0.2, -0.15) is 0 Å². The maximum absolute atomic E-state index is 6.96. The van der Waals surface area contributed by atoms with Crippen molar-refractivity contribution in [2.24, 2.45) is 0 Å². The van der Waals surface area contributed by atoms with Crippen molar-refractivity contribution in [1.29, 1.82) is 0 Å². The van der Waals surface area contributed by atoms with Gasteiger partial charge in [-0.3, -0.25) is 0 Å². The summed E-state index contributed by atoms with van der Waals surface area (Å²) in [5, 5.41) is 3.50. The maximum Gasteiger partial charge on any atom is 0.161 e. The molecule has 254 valence electrons. The van der Waals surface area contributed by atoms with Gasteiger partial charge in [0.1, 0.15) is 11.9 Å². The Morgan fingerprint density at radius 1 is 0.500 bits per heavy atom. The van der Waals surface area contributed by atoms with Crippen LogP contribution in [0.4, 0.5) is 0 Å². The predicted molar refractivity (Wildman–Crippen MR) is 221 cm³/mol. The molecule has 0 N–H and O–H groups in total. The molecule has 11 rings (SSSR count). The minimum absolute atomic E-state index is 0.0635. The predicted octanol–water partition coefficient (Wildman–Crippen LogP) is 12.4. The molecule has 2 aromatic heterocycles. The molecular weight excluding hydrogens is 659 g/mol. The van der Waals surface area contributed by atoms with Crippen molar-refractivity contribution >= 4 is 38.3 Å². The minimum Gasteiger partial charge on any atom is -0.483 e. The topological polar surface area (TPSA) is 39.9 Å². The summed E-state index contributed by atoms with van der Waals surface area (Å²) in [5.41, 5.74) is 13.2. The van der Waals surface area contributed by atoms with E-state index in [0.29, 0.717) is 5.82 Å². The van der Waals surface area contributed by atoms with Gasteiger partial charge in [-0.05, 0) is 52.6 Å². The van der Waals surface area contributed by atoms with Crippen LogP contribution in [0.25, 0.3) is 83.2 Å². The number of fused-ring (bicyclic) bond motifs is 7. The Morgan fingerprint density at radius 2 is 1.15 bits per heavy atom. The van der Waals surface area contributed by atoms with Crippen LogP contribution in [0.2, 0.25) is 0 Å². The Balaban J connectivity index is 1.02. The highest BCUT2D eigenvalue weighted by Crippen LogP contribution is 2.49. The Hall–Kier alpha value is -7.04. The Kier molecular flexibility index (Phi) is 6.96. The Labute approximate surface area is 313 Å². The number of aromatic nitrogens is 3. The number of para-hydroxylation sites is 2. The van der Waals surface area contributed by atoms with Gasteiger partial charge in [0.05, 0.1) is 17.3 Å². The first-order chi connectivity index (χ1) is 26.8. The molecule has 2 atom stereocenters. The zero-order valence-corrected chi connectivity index (χ0v) is 29.3. The lowest BCUT2D eigenvalue weighted by molar-refractivity contribution is 0.232. The van der Waals surface area contributed by atoms with Crippen LogP contribution in [0.15, 0.2) is 188 Å². The fraction of sp³-hybridized carbons (Fsp3) is 0.0400. The van der Waals surface area contributed by atoms with E-state index in [1.165, 1.54) is 44.1 Å². The maximum atomic E-state index is 6.96. The third-order valence-corrected chi connectivity index (χ3v) is 11.0. The molecule has 2 aliphatic rings. The second kappa shape index (κ2) is 12.3. The van der Waals surface area contributed by atoms with Gasteiger partial charge in [-0.25, -0.2) is 9.97 Å². The zero-order valence-electron chi connectivity index (χ0n) is 29.3. The van der Waals surface area contributed by atoms with Crippen LogP contribution in [0, 0.1) is 0 Å². The standard InChI is InChI=1S/C50H33N3O/c1-3-13-32(14-4-1)34-25-27-35(28-26-34)48-38-18-7-9-21-42(38)51-50(52-48)40-20-12-24-46-47(40)39-19-11-23-45(49(39)54-46)53-43-22-10-8-17-37(43)41-31-36(29-30-44(41)53)33-15-5-2-6-16-33/h1-31,45,49H. The van der Waals surface area contributed by atoms with E-state index in [4.69, 9.17) is 14.7 Å². The van der Waals surface area contributed by atoms with Crippen molar-refractivity contribution in [1.82, 2.24) is 14.5 Å². The normalized spacial score (nSPS) is 16.0. The minimum atomic E-state index is -0.218. The van der Waals surface area contributed by atoms with Gasteiger partial charge in [0.2, 0.25) is 0 Å². The summed E-state index contributed by atoms with van der Waals surface area (Å²) in [6.45, 7) is 0. The van der Waals surface area contributed by atoms with Crippen LogP contribution in [0.1, 0.15) is 11.6 Å². The fourth-order valence-corrected chi connectivity index (χ4v) is 8.49. The number of nitrogens with zero attached hydrogens (tertiary/aromatic N) is 3. The molecule has 3 heterocycles. The third kappa shape index (κ3) is 4.84. The summed E-state index contributed by atoms with van der Waals surface area (Å²) in [7, 11) is 0. The van der Waals surface area contributed by atoms with E-state index >= 15 is 0 Å². The van der Waals surface area contributed by atoms with Gasteiger partial charge in [0.15, 0.2) is 5.82 Å². The molecule has 4 nitrogen and oxygen atoms in total. The van der Waals surface area contributed by atoms with E-state index in [0.717, 1.165) is 44.6 Å². The molecule has 0 saturated carbocycles. The summed E-state index contributed by atoms with van der Waals surface area (Å²) in [5.74, 6) is 1.55. The molecule has 0 saturated heterocycles. The molecule has 2 unspecified atom stereocenters. The lowest BCUT2D eigenvalue weighted by Crippen LogP contribution is -2.27. The number of hydrogen-bond acceptors (Lipinski definition) is 3. The van der Waals surface area contributed by atoms with Crippen LogP contribution >= 0.6 is 0 Å². The van der Waals surface area contributed by atoms with E-state index in [9.17, 15) is 0 Å². The molecule has 7 aromatic carbocycles. The second-order valence-corrected chi connectivity index (χ2v) is 14.1. The lowest BCUT2D eigenvalue weighted by Gasteiger charge is -2.27. The van der Waals surface area contributed by atoms with Crippen LogP contribution in [-0.4, -0.2) is 20.6 Å². The lowest BCUT2D eigenvalue weighted by atomic mass is 9.90. The molecule has 9 aromatic rings. The van der Waals surface area contributed by atoms with Crippen molar-refractivity contribution in [3.05, 3.63) is 194 Å². The van der Waals surface area contributed by atoms with Gasteiger partial charge in [0, 0.05) is 49.5 Å². The molecule has 1 aliphatic heterocycles. The van der Waals surface area contributed by atoms with Crippen LogP contribution in [0.3, 0.4) is 0 Å². The van der Waals surface area contributed by atoms with Gasteiger partial charge >= 0.3 is 0 Å². The Morgan fingerprint density at radius 3 is 1.96 bits per heavy atom. The average Bonchev–Trinajstić information content (AvgIpc) is 3.80. The molecule has 0 radical (unpaired) electrons. The molecule has 0 fully saturated rings. The smallest absolute Gasteiger partial charge is 0.161 e. The molecule has 54 heavy (non-hydrogen) atoms. The SMILES string of the molecule is C1=CC(n2c3ccccc3c3cc(-c4ccccc4)ccc32)C2Oc3cccc(-c4nc(-c5ccc(-c6ccccc6)cc5)c5ccccc5n4)c3C2=C1. The van der Waals surface area contributed by atoms with Crippen molar-refractivity contribution < 1.29 is 4.74 Å². The van der Waals surface area contributed by atoms with Crippen LogP contribution < -0.4 is 4.74 Å². The van der Waals surface area contributed by atoms with Crippen molar-refractivity contribution in [2.45, 2.75) is 12.1 Å². The van der Waals surface area contributed by atoms with Crippen LogP contribution in [0.5, 0.6) is 5.75 Å². The Bertz CT molecular complexity index is 2960. The second-order valence-electron chi connectivity index (χ2n) is 14.1. The van der Waals surface area contributed by atoms with Crippen molar-refractivity contribution in [2.75, 3.05) is 0 Å². The van der Waals surface area contributed by atoms with E-state index in [2.05, 4.69) is 181 Å². The van der Waals surface area contributed by atoms with Gasteiger partial charge in [-0.15, -0.1) is 0 Å². The number of benzene rings is 7. The first kappa shape index (κ1) is 30.6. The summed E-state index contributed by atoms with van der Waals surface area (Å²) in [6.07, 6.45) is 6.46. The molecule has 0 spiro atoms. The highest BCUT2D eigenvalue weighted by Gasteiger charge is 2.39.